The molecule has 0 bridgehead atoms. The Bertz CT molecular complexity index is 83.6. The standard InChI is InChI=1S/C9H20S2/c1-3-8(2)9(11)6-4-5-7-10/h8-11H,3-7H2,1-2H3. The molecule has 0 aromatic heterocycles. The average molecular weight is 192 g/mol. The predicted octanol–water partition coefficient (Wildman–Crippen LogP) is 3.43. The predicted molar refractivity (Wildman–Crippen MR) is 59.9 cm³/mol. The lowest BCUT2D eigenvalue weighted by atomic mass is 10.0. The van der Waals surface area contributed by atoms with Crippen LogP contribution in [0.2, 0.25) is 0 Å². The highest BCUT2D eigenvalue weighted by atomic mass is 32.1. The van der Waals surface area contributed by atoms with Gasteiger partial charge in [0, 0.05) is 5.25 Å². The zero-order valence-corrected chi connectivity index (χ0v) is 9.37. The maximum absolute atomic E-state index is 4.55. The van der Waals surface area contributed by atoms with Crippen molar-refractivity contribution in [3.63, 3.8) is 0 Å². The van der Waals surface area contributed by atoms with E-state index in [2.05, 4.69) is 39.1 Å². The zero-order chi connectivity index (χ0) is 8.69. The van der Waals surface area contributed by atoms with Crippen LogP contribution in [0.5, 0.6) is 0 Å². The van der Waals surface area contributed by atoms with Crippen molar-refractivity contribution < 1.29 is 0 Å². The van der Waals surface area contributed by atoms with Crippen LogP contribution in [0.4, 0.5) is 0 Å². The lowest BCUT2D eigenvalue weighted by Gasteiger charge is -2.16. The third-order valence-electron chi connectivity index (χ3n) is 2.21. The zero-order valence-electron chi connectivity index (χ0n) is 7.58. The maximum atomic E-state index is 4.55. The molecule has 2 atom stereocenters. The average Bonchev–Trinajstić information content (AvgIpc) is 2.03. The van der Waals surface area contributed by atoms with E-state index in [1.165, 1.54) is 25.7 Å². The van der Waals surface area contributed by atoms with E-state index in [1.807, 2.05) is 0 Å². The molecule has 2 unspecified atom stereocenters. The summed E-state index contributed by atoms with van der Waals surface area (Å²) in [6.07, 6.45) is 5.01. The fourth-order valence-electron chi connectivity index (χ4n) is 1.02. The largest absolute Gasteiger partial charge is 0.179 e. The third-order valence-corrected chi connectivity index (χ3v) is 3.29. The highest BCUT2D eigenvalue weighted by Crippen LogP contribution is 2.19. The molecule has 0 aliphatic rings. The molecule has 0 spiro atoms. The quantitative estimate of drug-likeness (QED) is 0.467. The Morgan fingerprint density at radius 3 is 2.36 bits per heavy atom. The molecule has 0 nitrogen and oxygen atoms in total. The van der Waals surface area contributed by atoms with E-state index in [0.29, 0.717) is 5.25 Å². The summed E-state index contributed by atoms with van der Waals surface area (Å²) < 4.78 is 0. The molecule has 0 aliphatic heterocycles. The molecule has 11 heavy (non-hydrogen) atoms. The Kier molecular flexibility index (Phi) is 7.82. The van der Waals surface area contributed by atoms with Gasteiger partial charge in [-0.05, 0) is 24.5 Å². The number of thiol groups is 2. The van der Waals surface area contributed by atoms with Crippen LogP contribution >= 0.6 is 25.3 Å². The summed E-state index contributed by atoms with van der Waals surface area (Å²) in [6, 6.07) is 0. The first-order chi connectivity index (χ1) is 5.22. The van der Waals surface area contributed by atoms with Crippen LogP contribution in [0.3, 0.4) is 0 Å². The van der Waals surface area contributed by atoms with E-state index in [-0.39, 0.29) is 0 Å². The Morgan fingerprint density at radius 1 is 1.27 bits per heavy atom. The molecule has 0 aliphatic carbocycles. The number of hydrogen-bond donors (Lipinski definition) is 2. The molecular weight excluding hydrogens is 172 g/mol. The highest BCUT2D eigenvalue weighted by molar-refractivity contribution is 7.81. The van der Waals surface area contributed by atoms with Gasteiger partial charge in [0.05, 0.1) is 0 Å². The van der Waals surface area contributed by atoms with Gasteiger partial charge in [-0.1, -0.05) is 26.7 Å². The van der Waals surface area contributed by atoms with Gasteiger partial charge >= 0.3 is 0 Å². The SMILES string of the molecule is CCC(C)C(S)CCCCS. The molecule has 68 valence electrons. The molecule has 0 heterocycles. The third kappa shape index (κ3) is 5.92. The first kappa shape index (κ1) is 11.7. The lowest BCUT2D eigenvalue weighted by molar-refractivity contribution is 0.500. The monoisotopic (exact) mass is 192 g/mol. The Hall–Kier alpha value is 0.700. The van der Waals surface area contributed by atoms with Gasteiger partial charge in [0.25, 0.3) is 0 Å². The molecule has 0 fully saturated rings. The molecule has 0 rings (SSSR count). The van der Waals surface area contributed by atoms with Crippen LogP contribution in [0.15, 0.2) is 0 Å². The Balaban J connectivity index is 3.28. The van der Waals surface area contributed by atoms with E-state index in [9.17, 15) is 0 Å². The minimum Gasteiger partial charge on any atom is -0.179 e. The summed E-state index contributed by atoms with van der Waals surface area (Å²) in [5, 5.41) is 0.597. The fraction of sp³-hybridized carbons (Fsp3) is 1.00. The summed E-state index contributed by atoms with van der Waals surface area (Å²) in [5.41, 5.74) is 0. The normalized spacial score (nSPS) is 16.4. The molecule has 0 radical (unpaired) electrons. The van der Waals surface area contributed by atoms with Crippen molar-refractivity contribution in [1.29, 1.82) is 0 Å². The van der Waals surface area contributed by atoms with E-state index >= 15 is 0 Å². The van der Waals surface area contributed by atoms with Crippen LogP contribution in [-0.4, -0.2) is 11.0 Å². The van der Waals surface area contributed by atoms with Crippen LogP contribution in [-0.2, 0) is 0 Å². The second-order valence-corrected chi connectivity index (χ2v) is 4.28. The molecule has 0 saturated heterocycles. The van der Waals surface area contributed by atoms with Gasteiger partial charge in [-0.3, -0.25) is 0 Å². The Labute approximate surface area is 82.0 Å². The van der Waals surface area contributed by atoms with Crippen molar-refractivity contribution in [3.05, 3.63) is 0 Å². The van der Waals surface area contributed by atoms with Crippen molar-refractivity contribution in [2.24, 2.45) is 5.92 Å². The summed E-state index contributed by atoms with van der Waals surface area (Å²) in [5.74, 6) is 1.78. The minimum absolute atomic E-state index is 0.597. The molecule has 0 N–H and O–H groups in total. The topological polar surface area (TPSA) is 0 Å². The molecule has 0 amide bonds. The van der Waals surface area contributed by atoms with Gasteiger partial charge < -0.3 is 0 Å². The van der Waals surface area contributed by atoms with Gasteiger partial charge in [0.15, 0.2) is 0 Å². The van der Waals surface area contributed by atoms with E-state index in [0.717, 1.165) is 11.7 Å². The molecule has 0 aromatic rings. The summed E-state index contributed by atoms with van der Waals surface area (Å²) >= 11 is 8.73. The van der Waals surface area contributed by atoms with Gasteiger partial charge in [-0.25, -0.2) is 0 Å². The minimum atomic E-state index is 0.597. The van der Waals surface area contributed by atoms with Crippen molar-refractivity contribution in [2.75, 3.05) is 5.75 Å². The summed E-state index contributed by atoms with van der Waals surface area (Å²) in [6.45, 7) is 4.50. The molecule has 0 aromatic carbocycles. The first-order valence-corrected chi connectivity index (χ1v) is 5.66. The second kappa shape index (κ2) is 7.35. The second-order valence-electron chi connectivity index (χ2n) is 3.17. The van der Waals surface area contributed by atoms with Crippen molar-refractivity contribution in [2.45, 2.75) is 44.8 Å². The summed E-state index contributed by atoms with van der Waals surface area (Å²) in [4.78, 5) is 0. The Morgan fingerprint density at radius 2 is 1.91 bits per heavy atom. The molecular formula is C9H20S2. The number of rotatable bonds is 6. The van der Waals surface area contributed by atoms with Crippen LogP contribution in [0.25, 0.3) is 0 Å². The smallest absolute Gasteiger partial charge is 0.00423 e. The summed E-state index contributed by atoms with van der Waals surface area (Å²) in [7, 11) is 0. The van der Waals surface area contributed by atoms with Crippen LogP contribution in [0.1, 0.15) is 39.5 Å². The molecule has 2 heteroatoms. The van der Waals surface area contributed by atoms with Gasteiger partial charge in [-0.15, -0.1) is 0 Å². The highest BCUT2D eigenvalue weighted by Gasteiger charge is 2.09. The van der Waals surface area contributed by atoms with Crippen LogP contribution in [0, 0.1) is 5.92 Å². The van der Waals surface area contributed by atoms with E-state index in [1.54, 1.807) is 0 Å². The van der Waals surface area contributed by atoms with Gasteiger partial charge in [0.1, 0.15) is 0 Å². The lowest BCUT2D eigenvalue weighted by Crippen LogP contribution is -2.10. The number of unbranched alkanes of at least 4 members (excludes halogenated alkanes) is 1. The molecule has 0 saturated carbocycles. The van der Waals surface area contributed by atoms with Crippen molar-refractivity contribution in [3.8, 4) is 0 Å². The number of hydrogen-bond acceptors (Lipinski definition) is 2. The van der Waals surface area contributed by atoms with Gasteiger partial charge in [0.2, 0.25) is 0 Å². The van der Waals surface area contributed by atoms with Crippen LogP contribution < -0.4 is 0 Å². The van der Waals surface area contributed by atoms with E-state index < -0.39 is 0 Å². The van der Waals surface area contributed by atoms with Crippen molar-refractivity contribution >= 4 is 25.3 Å². The fourth-order valence-corrected chi connectivity index (χ4v) is 1.64. The van der Waals surface area contributed by atoms with Gasteiger partial charge in [-0.2, -0.15) is 25.3 Å². The first-order valence-electron chi connectivity index (χ1n) is 4.51. The van der Waals surface area contributed by atoms with E-state index in [4.69, 9.17) is 0 Å². The maximum Gasteiger partial charge on any atom is 0.00423 e. The van der Waals surface area contributed by atoms with Crippen molar-refractivity contribution in [1.82, 2.24) is 0 Å².